The van der Waals surface area contributed by atoms with E-state index in [1.54, 1.807) is 0 Å². The van der Waals surface area contributed by atoms with Crippen molar-refractivity contribution in [1.29, 1.82) is 0 Å². The first-order valence-corrected chi connectivity index (χ1v) is 7.05. The Morgan fingerprint density at radius 2 is 2.16 bits per heavy atom. The van der Waals surface area contributed by atoms with Crippen LogP contribution in [0.15, 0.2) is 0 Å². The zero-order valence-electron chi connectivity index (χ0n) is 12.2. The standard InChI is InChI=1S/C14H24N4O/c1-4-7-15-14-11-10-19-9-6-12(11)16-13(17-14)5-8-18(2)3/h4-10H2,1-3H3,(H,15,16,17). The summed E-state index contributed by atoms with van der Waals surface area (Å²) in [5.74, 6) is 1.91. The van der Waals surface area contributed by atoms with Gasteiger partial charge in [0.15, 0.2) is 0 Å². The van der Waals surface area contributed by atoms with E-state index in [9.17, 15) is 0 Å². The van der Waals surface area contributed by atoms with Crippen LogP contribution in [0.25, 0.3) is 0 Å². The lowest BCUT2D eigenvalue weighted by Crippen LogP contribution is -2.21. The third kappa shape index (κ3) is 3.88. The molecular formula is C14H24N4O. The Labute approximate surface area is 115 Å². The average Bonchev–Trinajstić information content (AvgIpc) is 2.42. The van der Waals surface area contributed by atoms with Crippen LogP contribution in [0.2, 0.25) is 0 Å². The van der Waals surface area contributed by atoms with E-state index in [0.717, 1.165) is 61.9 Å². The van der Waals surface area contributed by atoms with Crippen LogP contribution in [0.4, 0.5) is 5.82 Å². The SMILES string of the molecule is CCCNc1nc(CCN(C)C)nc2c1COCC2. The Hall–Kier alpha value is -1.20. The second-order valence-corrected chi connectivity index (χ2v) is 5.20. The van der Waals surface area contributed by atoms with Crippen molar-refractivity contribution in [2.45, 2.75) is 32.8 Å². The number of rotatable bonds is 6. The van der Waals surface area contributed by atoms with Gasteiger partial charge in [0.05, 0.1) is 18.9 Å². The molecule has 0 saturated carbocycles. The largest absolute Gasteiger partial charge is 0.376 e. The van der Waals surface area contributed by atoms with Gasteiger partial charge in [-0.3, -0.25) is 0 Å². The molecule has 1 N–H and O–H groups in total. The summed E-state index contributed by atoms with van der Waals surface area (Å²) in [5.41, 5.74) is 2.31. The summed E-state index contributed by atoms with van der Waals surface area (Å²) in [5, 5.41) is 3.41. The summed E-state index contributed by atoms with van der Waals surface area (Å²) >= 11 is 0. The molecule has 0 radical (unpaired) electrons. The Bertz CT molecular complexity index is 420. The van der Waals surface area contributed by atoms with Gasteiger partial charge in [-0.05, 0) is 20.5 Å². The highest BCUT2D eigenvalue weighted by molar-refractivity contribution is 5.47. The number of nitrogens with one attached hydrogen (secondary N) is 1. The van der Waals surface area contributed by atoms with Crippen LogP contribution >= 0.6 is 0 Å². The van der Waals surface area contributed by atoms with Crippen LogP contribution in [-0.2, 0) is 24.2 Å². The third-order valence-electron chi connectivity index (χ3n) is 3.19. The molecule has 1 aromatic rings. The molecule has 0 bridgehead atoms. The highest BCUT2D eigenvalue weighted by Gasteiger charge is 2.17. The average molecular weight is 264 g/mol. The summed E-state index contributed by atoms with van der Waals surface area (Å²) in [6.07, 6.45) is 2.88. The minimum atomic E-state index is 0.634. The van der Waals surface area contributed by atoms with E-state index in [-0.39, 0.29) is 0 Å². The van der Waals surface area contributed by atoms with Gasteiger partial charge in [0, 0.05) is 31.5 Å². The quantitative estimate of drug-likeness (QED) is 0.843. The van der Waals surface area contributed by atoms with Crippen LogP contribution in [-0.4, -0.2) is 48.7 Å². The number of likely N-dealkylation sites (N-methyl/N-ethyl adjacent to an activating group) is 1. The van der Waals surface area contributed by atoms with E-state index in [0.29, 0.717) is 6.61 Å². The normalized spacial score (nSPS) is 14.5. The lowest BCUT2D eigenvalue weighted by atomic mass is 10.1. The van der Waals surface area contributed by atoms with Crippen LogP contribution < -0.4 is 5.32 Å². The predicted octanol–water partition coefficient (Wildman–Crippen LogP) is 1.48. The highest BCUT2D eigenvalue weighted by atomic mass is 16.5. The molecule has 1 aliphatic rings. The van der Waals surface area contributed by atoms with Crippen LogP contribution in [0.3, 0.4) is 0 Å². The van der Waals surface area contributed by atoms with Crippen LogP contribution in [0, 0.1) is 0 Å². The summed E-state index contributed by atoms with van der Waals surface area (Å²) in [6, 6.07) is 0. The van der Waals surface area contributed by atoms with Crippen LogP contribution in [0.1, 0.15) is 30.4 Å². The Kier molecular flexibility index (Phi) is 5.10. The lowest BCUT2D eigenvalue weighted by Gasteiger charge is -2.20. The van der Waals surface area contributed by atoms with Crippen molar-refractivity contribution in [3.63, 3.8) is 0 Å². The molecule has 5 heteroatoms. The molecule has 106 valence electrons. The smallest absolute Gasteiger partial charge is 0.135 e. The van der Waals surface area contributed by atoms with Crippen molar-refractivity contribution < 1.29 is 4.74 Å². The van der Waals surface area contributed by atoms with E-state index >= 15 is 0 Å². The second-order valence-electron chi connectivity index (χ2n) is 5.20. The fourth-order valence-corrected chi connectivity index (χ4v) is 2.11. The van der Waals surface area contributed by atoms with Crippen molar-refractivity contribution in [3.05, 3.63) is 17.1 Å². The minimum Gasteiger partial charge on any atom is -0.376 e. The van der Waals surface area contributed by atoms with E-state index in [1.165, 1.54) is 0 Å². The molecule has 0 saturated heterocycles. The van der Waals surface area contributed by atoms with E-state index < -0.39 is 0 Å². The topological polar surface area (TPSA) is 50.3 Å². The van der Waals surface area contributed by atoms with E-state index in [1.807, 2.05) is 0 Å². The van der Waals surface area contributed by atoms with Crippen molar-refractivity contribution in [2.75, 3.05) is 39.1 Å². The first-order chi connectivity index (χ1) is 9.20. The predicted molar refractivity (Wildman–Crippen MR) is 76.4 cm³/mol. The number of aromatic nitrogens is 2. The molecular weight excluding hydrogens is 240 g/mol. The number of nitrogens with zero attached hydrogens (tertiary/aromatic N) is 3. The summed E-state index contributed by atoms with van der Waals surface area (Å²) in [4.78, 5) is 11.5. The van der Waals surface area contributed by atoms with Crippen molar-refractivity contribution in [3.8, 4) is 0 Å². The molecule has 0 atom stereocenters. The maximum Gasteiger partial charge on any atom is 0.135 e. The molecule has 1 aromatic heterocycles. The number of ether oxygens (including phenoxy) is 1. The van der Waals surface area contributed by atoms with E-state index in [2.05, 4.69) is 36.2 Å². The molecule has 0 aromatic carbocycles. The third-order valence-corrected chi connectivity index (χ3v) is 3.19. The maximum absolute atomic E-state index is 5.53. The number of hydrogen-bond acceptors (Lipinski definition) is 5. The van der Waals surface area contributed by atoms with Crippen molar-refractivity contribution in [1.82, 2.24) is 14.9 Å². The van der Waals surface area contributed by atoms with Gasteiger partial charge in [0.2, 0.25) is 0 Å². The molecule has 0 aliphatic carbocycles. The van der Waals surface area contributed by atoms with Gasteiger partial charge in [-0.2, -0.15) is 0 Å². The molecule has 0 amide bonds. The Morgan fingerprint density at radius 1 is 1.32 bits per heavy atom. The minimum absolute atomic E-state index is 0.634. The molecule has 0 spiro atoms. The van der Waals surface area contributed by atoms with Crippen molar-refractivity contribution in [2.24, 2.45) is 0 Å². The second kappa shape index (κ2) is 6.82. The molecule has 2 heterocycles. The van der Waals surface area contributed by atoms with Gasteiger partial charge in [0.25, 0.3) is 0 Å². The lowest BCUT2D eigenvalue weighted by molar-refractivity contribution is 0.109. The molecule has 1 aliphatic heterocycles. The van der Waals surface area contributed by atoms with Gasteiger partial charge in [0.1, 0.15) is 11.6 Å². The van der Waals surface area contributed by atoms with Gasteiger partial charge in [-0.15, -0.1) is 0 Å². The fraction of sp³-hybridized carbons (Fsp3) is 0.714. The summed E-state index contributed by atoms with van der Waals surface area (Å²) in [6.45, 7) is 5.48. The monoisotopic (exact) mass is 264 g/mol. The Balaban J connectivity index is 2.20. The van der Waals surface area contributed by atoms with E-state index in [4.69, 9.17) is 9.72 Å². The number of hydrogen-bond donors (Lipinski definition) is 1. The molecule has 0 fully saturated rings. The van der Waals surface area contributed by atoms with Gasteiger partial charge in [-0.25, -0.2) is 9.97 Å². The first kappa shape index (κ1) is 14.2. The summed E-state index contributed by atoms with van der Waals surface area (Å²) < 4.78 is 5.53. The Morgan fingerprint density at radius 3 is 2.89 bits per heavy atom. The first-order valence-electron chi connectivity index (χ1n) is 7.05. The van der Waals surface area contributed by atoms with Gasteiger partial charge in [-0.1, -0.05) is 6.92 Å². The van der Waals surface area contributed by atoms with Crippen LogP contribution in [0.5, 0.6) is 0 Å². The summed E-state index contributed by atoms with van der Waals surface area (Å²) in [7, 11) is 4.14. The van der Waals surface area contributed by atoms with Gasteiger partial charge >= 0.3 is 0 Å². The molecule has 19 heavy (non-hydrogen) atoms. The molecule has 0 unspecified atom stereocenters. The zero-order valence-corrected chi connectivity index (χ0v) is 12.2. The fourth-order valence-electron chi connectivity index (χ4n) is 2.11. The van der Waals surface area contributed by atoms with Crippen molar-refractivity contribution >= 4 is 5.82 Å². The number of fused-ring (bicyclic) bond motifs is 1. The molecule has 2 rings (SSSR count). The zero-order chi connectivity index (χ0) is 13.7. The molecule has 5 nitrogen and oxygen atoms in total. The maximum atomic E-state index is 5.53. The highest BCUT2D eigenvalue weighted by Crippen LogP contribution is 2.22. The van der Waals surface area contributed by atoms with Gasteiger partial charge < -0.3 is 15.0 Å². The number of anilines is 1.